The van der Waals surface area contributed by atoms with E-state index in [1.807, 2.05) is 54.0 Å². The Balaban J connectivity index is 1.16. The van der Waals surface area contributed by atoms with Crippen molar-refractivity contribution >= 4 is 32.6 Å². The minimum atomic E-state index is -3.78. The normalized spacial score (nSPS) is 17.9. The zero-order valence-electron chi connectivity index (χ0n) is 18.7. The van der Waals surface area contributed by atoms with E-state index >= 15 is 0 Å². The molecule has 0 radical (unpaired) electrons. The van der Waals surface area contributed by atoms with Crippen molar-refractivity contribution in [1.29, 1.82) is 0 Å². The Morgan fingerprint density at radius 1 is 1.06 bits per heavy atom. The number of nitrogens with zero attached hydrogens (tertiary/aromatic N) is 2. The number of benzene rings is 3. The molecule has 1 aliphatic rings. The molecule has 7 nitrogen and oxygen atoms in total. The van der Waals surface area contributed by atoms with E-state index in [0.29, 0.717) is 18.7 Å². The summed E-state index contributed by atoms with van der Waals surface area (Å²) in [7, 11) is -3.78. The maximum absolute atomic E-state index is 12.6. The molecule has 0 aliphatic heterocycles. The molecular weight excluding hydrogens is 450 g/mol. The predicted octanol–water partition coefficient (Wildman–Crippen LogP) is 4.63. The van der Waals surface area contributed by atoms with Crippen molar-refractivity contribution in [3.8, 4) is 0 Å². The summed E-state index contributed by atoms with van der Waals surface area (Å²) in [4.78, 5) is 17.1. The molecule has 3 aromatic carbocycles. The summed E-state index contributed by atoms with van der Waals surface area (Å²) in [5.74, 6) is 0.336. The molecule has 8 heteroatoms. The molecule has 0 atom stereocenters. The molecule has 0 spiro atoms. The summed E-state index contributed by atoms with van der Waals surface area (Å²) in [5.41, 5.74) is 1.95. The second-order valence-corrected chi connectivity index (χ2v) is 10.3. The van der Waals surface area contributed by atoms with Gasteiger partial charge in [0.2, 0.25) is 5.91 Å². The van der Waals surface area contributed by atoms with Crippen LogP contribution in [0.2, 0.25) is 0 Å². The molecular formula is C26H25N3O4S. The number of rotatable bonds is 7. The number of carbonyl (C=O) groups excluding carboxylic acids is 1. The fraction of sp³-hybridized carbons (Fsp3) is 0.231. The number of nitrogens with one attached hydrogen (secondary N) is 1. The van der Waals surface area contributed by atoms with Crippen molar-refractivity contribution < 1.29 is 17.4 Å². The highest BCUT2D eigenvalue weighted by molar-refractivity contribution is 7.86. The molecule has 0 unspecified atom stereocenters. The fourth-order valence-electron chi connectivity index (χ4n) is 4.21. The van der Waals surface area contributed by atoms with E-state index < -0.39 is 10.1 Å². The Bertz CT molecular complexity index is 1430. The maximum atomic E-state index is 12.6. The van der Waals surface area contributed by atoms with Crippen LogP contribution in [0.1, 0.15) is 30.0 Å². The van der Waals surface area contributed by atoms with E-state index in [2.05, 4.69) is 10.3 Å². The van der Waals surface area contributed by atoms with Gasteiger partial charge in [0.25, 0.3) is 10.1 Å². The smallest absolute Gasteiger partial charge is 0.297 e. The third-order valence-electron chi connectivity index (χ3n) is 6.16. The van der Waals surface area contributed by atoms with Crippen molar-refractivity contribution in [2.45, 2.75) is 43.2 Å². The van der Waals surface area contributed by atoms with Gasteiger partial charge >= 0.3 is 0 Å². The van der Waals surface area contributed by atoms with E-state index in [1.54, 1.807) is 36.8 Å². The number of fused-ring (bicyclic) bond motifs is 1. The Morgan fingerprint density at radius 2 is 1.79 bits per heavy atom. The van der Waals surface area contributed by atoms with Crippen LogP contribution in [-0.4, -0.2) is 30.0 Å². The number of anilines is 1. The van der Waals surface area contributed by atoms with Gasteiger partial charge < -0.3 is 9.88 Å². The van der Waals surface area contributed by atoms with Gasteiger partial charge in [-0.05, 0) is 48.2 Å². The fourth-order valence-corrected chi connectivity index (χ4v) is 5.30. The summed E-state index contributed by atoms with van der Waals surface area (Å²) >= 11 is 0. The first-order valence-corrected chi connectivity index (χ1v) is 12.6. The minimum absolute atomic E-state index is 0.0782. The molecule has 1 amide bonds. The third-order valence-corrected chi connectivity index (χ3v) is 7.54. The highest BCUT2D eigenvalue weighted by Crippen LogP contribution is 2.36. The first-order chi connectivity index (χ1) is 16.4. The Hall–Kier alpha value is -3.49. The lowest BCUT2D eigenvalue weighted by Gasteiger charge is -2.35. The molecule has 1 aromatic heterocycles. The number of aromatic nitrogens is 2. The quantitative estimate of drug-likeness (QED) is 0.394. The van der Waals surface area contributed by atoms with Gasteiger partial charge in [-0.2, -0.15) is 8.42 Å². The predicted molar refractivity (Wildman–Crippen MR) is 130 cm³/mol. The van der Waals surface area contributed by atoms with Crippen LogP contribution in [0.3, 0.4) is 0 Å². The van der Waals surface area contributed by atoms with Gasteiger partial charge in [0.05, 0.1) is 23.7 Å². The van der Waals surface area contributed by atoms with E-state index in [4.69, 9.17) is 4.18 Å². The summed E-state index contributed by atoms with van der Waals surface area (Å²) in [5, 5.41) is 5.02. The summed E-state index contributed by atoms with van der Waals surface area (Å²) in [6, 6.07) is 20.6. The van der Waals surface area contributed by atoms with Crippen LogP contribution >= 0.6 is 0 Å². The number of hydrogen-bond donors (Lipinski definition) is 1. The lowest BCUT2D eigenvalue weighted by Crippen LogP contribution is -2.34. The van der Waals surface area contributed by atoms with Gasteiger partial charge in [0, 0.05) is 12.2 Å². The molecule has 4 aromatic rings. The first-order valence-electron chi connectivity index (χ1n) is 11.2. The second kappa shape index (κ2) is 9.04. The number of imidazole rings is 1. The van der Waals surface area contributed by atoms with Crippen molar-refractivity contribution in [1.82, 2.24) is 9.55 Å². The topological polar surface area (TPSA) is 90.3 Å². The van der Waals surface area contributed by atoms with E-state index in [9.17, 15) is 13.2 Å². The van der Waals surface area contributed by atoms with Gasteiger partial charge in [-0.3, -0.25) is 8.98 Å². The Labute approximate surface area is 198 Å². The number of hydrogen-bond acceptors (Lipinski definition) is 5. The highest BCUT2D eigenvalue weighted by Gasteiger charge is 2.35. The van der Waals surface area contributed by atoms with Crippen molar-refractivity contribution in [3.05, 3.63) is 90.4 Å². The molecule has 1 N–H and O–H groups in total. The number of amides is 1. The third kappa shape index (κ3) is 4.73. The lowest BCUT2D eigenvalue weighted by molar-refractivity contribution is -0.115. The molecule has 0 bridgehead atoms. The minimum Gasteiger partial charge on any atom is -0.332 e. The molecule has 1 saturated carbocycles. The van der Waals surface area contributed by atoms with E-state index in [-0.39, 0.29) is 29.4 Å². The zero-order chi connectivity index (χ0) is 23.7. The summed E-state index contributed by atoms with van der Waals surface area (Å²) < 4.78 is 32.2. The molecule has 1 aliphatic carbocycles. The van der Waals surface area contributed by atoms with Crippen LogP contribution in [0, 0.1) is 6.92 Å². The standard InChI is InChI=1S/C26H25N3O4S/c1-18-9-11-23(12-10-18)34(31,32)33-22-14-21(15-22)29-16-25(27-17-29)28-26(30)13-20-7-4-6-19-5-2-3-8-24(19)20/h2-12,16-17,21-22H,13-15H2,1H3,(H,28,30). The van der Waals surface area contributed by atoms with Crippen LogP contribution in [0.5, 0.6) is 0 Å². The van der Waals surface area contributed by atoms with Crippen LogP contribution in [0.25, 0.3) is 10.8 Å². The Morgan fingerprint density at radius 3 is 2.59 bits per heavy atom. The Kier molecular flexibility index (Phi) is 5.93. The lowest BCUT2D eigenvalue weighted by atomic mass is 9.89. The molecule has 1 heterocycles. The summed E-state index contributed by atoms with van der Waals surface area (Å²) in [6.07, 6.45) is 4.43. The van der Waals surface area contributed by atoms with Crippen molar-refractivity contribution in [2.24, 2.45) is 0 Å². The largest absolute Gasteiger partial charge is 0.332 e. The van der Waals surface area contributed by atoms with Gasteiger partial charge in [-0.15, -0.1) is 0 Å². The summed E-state index contributed by atoms with van der Waals surface area (Å²) in [6.45, 7) is 1.90. The zero-order valence-corrected chi connectivity index (χ0v) is 19.5. The average Bonchev–Trinajstić information content (AvgIpc) is 3.24. The maximum Gasteiger partial charge on any atom is 0.297 e. The van der Waals surface area contributed by atoms with Crippen molar-refractivity contribution in [3.63, 3.8) is 0 Å². The SMILES string of the molecule is Cc1ccc(S(=O)(=O)OC2CC(n3cnc(NC(=O)Cc4cccc5ccccc45)c3)C2)cc1. The molecule has 5 rings (SSSR count). The van der Waals surface area contributed by atoms with Crippen LogP contribution in [0.4, 0.5) is 5.82 Å². The van der Waals surface area contributed by atoms with Crippen LogP contribution in [-0.2, 0) is 25.5 Å². The molecule has 34 heavy (non-hydrogen) atoms. The molecule has 0 saturated heterocycles. The number of aryl methyl sites for hydroxylation is 1. The van der Waals surface area contributed by atoms with Crippen LogP contribution < -0.4 is 5.32 Å². The molecule has 174 valence electrons. The number of carbonyl (C=O) groups is 1. The van der Waals surface area contributed by atoms with E-state index in [1.165, 1.54) is 0 Å². The van der Waals surface area contributed by atoms with E-state index in [0.717, 1.165) is 21.9 Å². The highest BCUT2D eigenvalue weighted by atomic mass is 32.2. The van der Waals surface area contributed by atoms with Gasteiger partial charge in [0.15, 0.2) is 5.82 Å². The van der Waals surface area contributed by atoms with Gasteiger partial charge in [-0.1, -0.05) is 60.2 Å². The van der Waals surface area contributed by atoms with Gasteiger partial charge in [0.1, 0.15) is 0 Å². The average molecular weight is 476 g/mol. The second-order valence-electron chi connectivity index (χ2n) is 8.68. The van der Waals surface area contributed by atoms with Crippen LogP contribution in [0.15, 0.2) is 84.1 Å². The van der Waals surface area contributed by atoms with Crippen molar-refractivity contribution in [2.75, 3.05) is 5.32 Å². The first kappa shape index (κ1) is 22.3. The van der Waals surface area contributed by atoms with Gasteiger partial charge in [-0.25, -0.2) is 4.98 Å². The molecule has 1 fully saturated rings. The monoisotopic (exact) mass is 475 g/mol.